The molecule has 2 saturated heterocycles. The predicted molar refractivity (Wildman–Crippen MR) is 154 cm³/mol. The van der Waals surface area contributed by atoms with Gasteiger partial charge in [0.15, 0.2) is 0 Å². The lowest BCUT2D eigenvalue weighted by molar-refractivity contribution is -0.156. The summed E-state index contributed by atoms with van der Waals surface area (Å²) in [5, 5.41) is 32.5. The molecule has 2 fully saturated rings. The van der Waals surface area contributed by atoms with Crippen molar-refractivity contribution in [1.82, 2.24) is 4.98 Å². The molecule has 0 bridgehead atoms. The number of aliphatic hydroxyl groups is 3. The minimum atomic E-state index is -1.29. The fourth-order valence-electron chi connectivity index (χ4n) is 5.87. The van der Waals surface area contributed by atoms with Crippen LogP contribution in [0.15, 0.2) is 30.9 Å². The third-order valence-electron chi connectivity index (χ3n) is 8.87. The third kappa shape index (κ3) is 6.65. The molecule has 8 nitrogen and oxygen atoms in total. The van der Waals surface area contributed by atoms with E-state index in [2.05, 4.69) is 18.5 Å². The molecule has 2 aromatic rings. The highest BCUT2D eigenvalue weighted by Crippen LogP contribution is 2.47. The molecular formula is C31H43NO7S. The van der Waals surface area contributed by atoms with Crippen molar-refractivity contribution >= 4 is 33.3 Å². The lowest BCUT2D eigenvalue weighted by atomic mass is 9.71. The molecule has 2 unspecified atom stereocenters. The average Bonchev–Trinajstić information content (AvgIpc) is 3.35. The Bertz CT molecular complexity index is 1230. The van der Waals surface area contributed by atoms with Crippen molar-refractivity contribution in [2.75, 3.05) is 0 Å². The van der Waals surface area contributed by atoms with Crippen LogP contribution in [0, 0.1) is 17.3 Å². The SMILES string of the molecule is C=CCCC1C(=O)C(C)(C)[C@@H](O)CC(=O)O[C@H](c2ccc3sc(CO)nc3c2)C[C@@H]2O[C@]2(C)CCC[C@H](C)C1O. The largest absolute Gasteiger partial charge is 0.457 e. The number of nitrogens with zero attached hydrogens (tertiary/aromatic N) is 1. The number of aromatic nitrogens is 1. The van der Waals surface area contributed by atoms with Crippen LogP contribution < -0.4 is 0 Å². The van der Waals surface area contributed by atoms with E-state index in [1.54, 1.807) is 19.9 Å². The highest BCUT2D eigenvalue weighted by atomic mass is 32.1. The molecule has 2 aliphatic rings. The fourth-order valence-corrected chi connectivity index (χ4v) is 6.68. The summed E-state index contributed by atoms with van der Waals surface area (Å²) in [5.41, 5.74) is -0.142. The van der Waals surface area contributed by atoms with Gasteiger partial charge in [-0.2, -0.15) is 0 Å². The van der Waals surface area contributed by atoms with Gasteiger partial charge in [-0.1, -0.05) is 39.3 Å². The number of Topliss-reactive ketones (excluding diaryl/α,β-unsaturated/α-hetero) is 1. The van der Waals surface area contributed by atoms with Crippen LogP contribution >= 0.6 is 11.3 Å². The number of carbonyl (C=O) groups is 2. The molecule has 2 aliphatic heterocycles. The predicted octanol–water partition coefficient (Wildman–Crippen LogP) is 5.03. The Hall–Kier alpha value is -2.17. The number of thiazole rings is 1. The molecule has 9 heteroatoms. The van der Waals surface area contributed by atoms with E-state index < -0.39 is 35.6 Å². The van der Waals surface area contributed by atoms with Crippen molar-refractivity contribution < 1.29 is 34.4 Å². The molecule has 0 spiro atoms. The van der Waals surface area contributed by atoms with E-state index in [1.807, 2.05) is 25.1 Å². The van der Waals surface area contributed by atoms with Crippen molar-refractivity contribution in [3.8, 4) is 0 Å². The summed E-state index contributed by atoms with van der Waals surface area (Å²) in [7, 11) is 0. The number of esters is 1. The summed E-state index contributed by atoms with van der Waals surface area (Å²) >= 11 is 1.41. The number of benzene rings is 1. The summed E-state index contributed by atoms with van der Waals surface area (Å²) in [6, 6.07) is 5.68. The van der Waals surface area contributed by atoms with Crippen LogP contribution in [0.1, 0.15) is 89.3 Å². The summed E-state index contributed by atoms with van der Waals surface area (Å²) in [5.74, 6) is -1.67. The van der Waals surface area contributed by atoms with Crippen molar-refractivity contribution in [1.29, 1.82) is 0 Å². The van der Waals surface area contributed by atoms with Crippen molar-refractivity contribution in [2.24, 2.45) is 17.3 Å². The van der Waals surface area contributed by atoms with Gasteiger partial charge in [-0.25, -0.2) is 4.98 Å². The van der Waals surface area contributed by atoms with Gasteiger partial charge in [0.1, 0.15) is 16.9 Å². The number of cyclic esters (lactones) is 1. The highest BCUT2D eigenvalue weighted by Gasteiger charge is 2.53. The molecule has 40 heavy (non-hydrogen) atoms. The van der Waals surface area contributed by atoms with E-state index in [1.165, 1.54) is 11.3 Å². The normalized spacial score (nSPS) is 33.8. The lowest BCUT2D eigenvalue weighted by Crippen LogP contribution is -2.46. The maximum atomic E-state index is 13.7. The van der Waals surface area contributed by atoms with Gasteiger partial charge < -0.3 is 24.8 Å². The van der Waals surface area contributed by atoms with E-state index in [0.717, 1.165) is 35.0 Å². The number of allylic oxidation sites excluding steroid dienone is 1. The van der Waals surface area contributed by atoms with Gasteiger partial charge in [-0.05, 0) is 56.2 Å². The summed E-state index contributed by atoms with van der Waals surface area (Å²) in [4.78, 5) is 31.4. The van der Waals surface area contributed by atoms with Crippen molar-refractivity contribution in [2.45, 2.75) is 109 Å². The first-order valence-electron chi connectivity index (χ1n) is 14.3. The zero-order valence-electron chi connectivity index (χ0n) is 24.0. The van der Waals surface area contributed by atoms with Gasteiger partial charge in [0.2, 0.25) is 0 Å². The van der Waals surface area contributed by atoms with E-state index in [-0.39, 0.29) is 36.4 Å². The molecule has 220 valence electrons. The second kappa shape index (κ2) is 12.4. The van der Waals surface area contributed by atoms with E-state index >= 15 is 0 Å². The molecule has 0 radical (unpaired) electrons. The van der Waals surface area contributed by atoms with Gasteiger partial charge in [0.25, 0.3) is 0 Å². The number of hydrogen-bond donors (Lipinski definition) is 3. The Balaban J connectivity index is 1.63. The maximum absolute atomic E-state index is 13.7. The molecule has 0 aliphatic carbocycles. The molecule has 3 N–H and O–H groups in total. The number of rotatable bonds is 5. The molecular weight excluding hydrogens is 530 g/mol. The molecule has 0 amide bonds. The van der Waals surface area contributed by atoms with Gasteiger partial charge in [-0.15, -0.1) is 17.9 Å². The van der Waals surface area contributed by atoms with Crippen LogP contribution in [0.3, 0.4) is 0 Å². The van der Waals surface area contributed by atoms with Crippen molar-refractivity contribution in [3.05, 3.63) is 41.4 Å². The second-order valence-corrected chi connectivity index (χ2v) is 13.4. The minimum absolute atomic E-state index is 0.110. The standard InChI is InChI=1S/C31H43NO7S/c1-6-7-10-20-28(36)18(2)9-8-13-31(5)25(39-31)15-22(38-27(35)16-24(34)30(3,4)29(20)37)19-11-12-23-21(14-19)32-26(17-33)40-23/h6,11-12,14,18,20,22,24-25,28,33-34,36H,1,7-10,13,15-17H2,2-5H3/t18-,20?,22-,24-,25-,28?,31+/m0/s1. The van der Waals surface area contributed by atoms with Crippen LogP contribution in [-0.2, 0) is 25.7 Å². The summed E-state index contributed by atoms with van der Waals surface area (Å²) in [6.07, 6.45) is 2.27. The molecule has 4 rings (SSSR count). The van der Waals surface area contributed by atoms with Crippen LogP contribution in [0.4, 0.5) is 0 Å². The Kier molecular flexibility index (Phi) is 9.52. The first kappa shape index (κ1) is 30.8. The number of ketones is 1. The zero-order chi connectivity index (χ0) is 29.2. The van der Waals surface area contributed by atoms with Gasteiger partial charge in [-0.3, -0.25) is 9.59 Å². The molecule has 1 aromatic carbocycles. The number of ether oxygens (including phenoxy) is 2. The third-order valence-corrected chi connectivity index (χ3v) is 9.90. The van der Waals surface area contributed by atoms with Gasteiger partial charge >= 0.3 is 5.97 Å². The second-order valence-electron chi connectivity index (χ2n) is 12.3. The molecule has 7 atom stereocenters. The summed E-state index contributed by atoms with van der Waals surface area (Å²) < 4.78 is 13.0. The van der Waals surface area contributed by atoms with Crippen LogP contribution in [-0.4, -0.2) is 56.0 Å². The molecule has 3 heterocycles. The van der Waals surface area contributed by atoms with Crippen LogP contribution in [0.25, 0.3) is 10.2 Å². The Morgan fingerprint density at radius 1 is 1.23 bits per heavy atom. The zero-order valence-corrected chi connectivity index (χ0v) is 24.8. The lowest BCUT2D eigenvalue weighted by Gasteiger charge is -2.36. The quantitative estimate of drug-likeness (QED) is 0.258. The Morgan fingerprint density at radius 3 is 2.67 bits per heavy atom. The topological polar surface area (TPSA) is 129 Å². The van der Waals surface area contributed by atoms with Crippen molar-refractivity contribution in [3.63, 3.8) is 0 Å². The van der Waals surface area contributed by atoms with Crippen LogP contribution in [0.5, 0.6) is 0 Å². The smallest absolute Gasteiger partial charge is 0.309 e. The van der Waals surface area contributed by atoms with E-state index in [9.17, 15) is 24.9 Å². The highest BCUT2D eigenvalue weighted by molar-refractivity contribution is 7.18. The molecule has 1 aromatic heterocycles. The minimum Gasteiger partial charge on any atom is -0.457 e. The fraction of sp³-hybridized carbons (Fsp3) is 0.645. The average molecular weight is 574 g/mol. The first-order chi connectivity index (χ1) is 18.9. The summed E-state index contributed by atoms with van der Waals surface area (Å²) in [6.45, 7) is 10.9. The number of carbonyl (C=O) groups excluding carboxylic acids is 2. The number of hydrogen-bond acceptors (Lipinski definition) is 9. The number of epoxide rings is 1. The number of fused-ring (bicyclic) bond motifs is 2. The maximum Gasteiger partial charge on any atom is 0.309 e. The Morgan fingerprint density at radius 2 is 1.98 bits per heavy atom. The van der Waals surface area contributed by atoms with Crippen LogP contribution in [0.2, 0.25) is 0 Å². The molecule has 0 saturated carbocycles. The monoisotopic (exact) mass is 573 g/mol. The first-order valence-corrected chi connectivity index (χ1v) is 15.1. The number of aliphatic hydroxyl groups excluding tert-OH is 3. The van der Waals surface area contributed by atoms with E-state index in [0.29, 0.717) is 24.3 Å². The van der Waals surface area contributed by atoms with Gasteiger partial charge in [0.05, 0.1) is 52.6 Å². The van der Waals surface area contributed by atoms with E-state index in [4.69, 9.17) is 9.47 Å². The Labute approximate surface area is 240 Å². The van der Waals surface area contributed by atoms with Gasteiger partial charge in [0, 0.05) is 12.3 Å².